The van der Waals surface area contributed by atoms with E-state index in [4.69, 9.17) is 5.84 Å². The van der Waals surface area contributed by atoms with Crippen LogP contribution in [0.5, 0.6) is 0 Å². The molecule has 7 heteroatoms. The first-order valence-electron chi connectivity index (χ1n) is 6.78. The molecular weight excluding hydrogens is 254 g/mol. The van der Waals surface area contributed by atoms with Gasteiger partial charge in [0.15, 0.2) is 0 Å². The Hall–Kier alpha value is -2.15. The van der Waals surface area contributed by atoms with Crippen molar-refractivity contribution in [1.82, 2.24) is 19.7 Å². The number of nitrogens with one attached hydrogen (secondary N) is 2. The van der Waals surface area contributed by atoms with Crippen LogP contribution in [0.15, 0.2) is 18.5 Å². The average Bonchev–Trinajstić information content (AvgIpc) is 2.84. The standard InChI is InChI=1S/C13H21N7/c1-3-4-11-17-12(7-13(18-11)19-14)15-5-6-20-9-10(2)8-16-20/h7-9H,3-6,14H2,1-2H3,(H2,15,17,18,19). The van der Waals surface area contributed by atoms with Crippen LogP contribution in [0.2, 0.25) is 0 Å². The van der Waals surface area contributed by atoms with Gasteiger partial charge in [0.25, 0.3) is 0 Å². The van der Waals surface area contributed by atoms with Crippen molar-refractivity contribution in [3.05, 3.63) is 29.8 Å². The Kier molecular flexibility index (Phi) is 4.89. The maximum Gasteiger partial charge on any atom is 0.145 e. The fraction of sp³-hybridized carbons (Fsp3) is 0.462. The van der Waals surface area contributed by atoms with Crippen molar-refractivity contribution in [1.29, 1.82) is 0 Å². The first-order valence-corrected chi connectivity index (χ1v) is 6.78. The lowest BCUT2D eigenvalue weighted by Gasteiger charge is -2.09. The highest BCUT2D eigenvalue weighted by molar-refractivity contribution is 5.46. The van der Waals surface area contributed by atoms with Gasteiger partial charge in [0.1, 0.15) is 17.5 Å². The first kappa shape index (κ1) is 14.3. The molecule has 2 heterocycles. The minimum Gasteiger partial charge on any atom is -0.368 e. The van der Waals surface area contributed by atoms with Crippen LogP contribution in [0.1, 0.15) is 24.7 Å². The van der Waals surface area contributed by atoms with Gasteiger partial charge >= 0.3 is 0 Å². The van der Waals surface area contributed by atoms with Crippen LogP contribution in [-0.4, -0.2) is 26.3 Å². The Morgan fingerprint density at radius 2 is 2.10 bits per heavy atom. The van der Waals surface area contributed by atoms with Gasteiger partial charge in [-0.3, -0.25) is 4.68 Å². The van der Waals surface area contributed by atoms with Gasteiger partial charge in [-0.15, -0.1) is 0 Å². The summed E-state index contributed by atoms with van der Waals surface area (Å²) in [6, 6.07) is 1.80. The maximum absolute atomic E-state index is 5.42. The molecule has 7 nitrogen and oxygen atoms in total. The minimum atomic E-state index is 0.626. The molecule has 0 fully saturated rings. The van der Waals surface area contributed by atoms with Crippen molar-refractivity contribution in [3.63, 3.8) is 0 Å². The zero-order valence-electron chi connectivity index (χ0n) is 11.9. The minimum absolute atomic E-state index is 0.626. The Morgan fingerprint density at radius 1 is 1.30 bits per heavy atom. The Bertz CT molecular complexity index is 549. The fourth-order valence-electron chi connectivity index (χ4n) is 1.88. The molecule has 0 aromatic carbocycles. The highest BCUT2D eigenvalue weighted by Crippen LogP contribution is 2.11. The Balaban J connectivity index is 1.95. The third-order valence-electron chi connectivity index (χ3n) is 2.80. The molecule has 2 aromatic heterocycles. The number of aromatic nitrogens is 4. The van der Waals surface area contributed by atoms with E-state index in [9.17, 15) is 0 Å². The van der Waals surface area contributed by atoms with E-state index in [0.29, 0.717) is 5.82 Å². The maximum atomic E-state index is 5.42. The third-order valence-corrected chi connectivity index (χ3v) is 2.80. The molecule has 20 heavy (non-hydrogen) atoms. The SMILES string of the molecule is CCCc1nc(NN)cc(NCCn2cc(C)cn2)n1. The van der Waals surface area contributed by atoms with E-state index in [0.717, 1.165) is 43.1 Å². The second-order valence-corrected chi connectivity index (χ2v) is 4.66. The molecule has 0 aliphatic carbocycles. The van der Waals surface area contributed by atoms with Crippen LogP contribution in [0.3, 0.4) is 0 Å². The molecule has 0 aliphatic rings. The number of nitrogens with zero attached hydrogens (tertiary/aromatic N) is 4. The van der Waals surface area contributed by atoms with E-state index >= 15 is 0 Å². The molecule has 0 atom stereocenters. The van der Waals surface area contributed by atoms with Crippen molar-refractivity contribution >= 4 is 11.6 Å². The summed E-state index contributed by atoms with van der Waals surface area (Å²) < 4.78 is 1.90. The average molecular weight is 275 g/mol. The van der Waals surface area contributed by atoms with Crippen LogP contribution in [-0.2, 0) is 13.0 Å². The van der Waals surface area contributed by atoms with Crippen molar-refractivity contribution in [2.45, 2.75) is 33.2 Å². The van der Waals surface area contributed by atoms with Gasteiger partial charge in [0.05, 0.1) is 12.7 Å². The summed E-state index contributed by atoms with van der Waals surface area (Å²) >= 11 is 0. The smallest absolute Gasteiger partial charge is 0.145 e. The lowest BCUT2D eigenvalue weighted by molar-refractivity contribution is 0.636. The lowest BCUT2D eigenvalue weighted by Crippen LogP contribution is -2.15. The zero-order valence-corrected chi connectivity index (χ0v) is 11.9. The summed E-state index contributed by atoms with van der Waals surface area (Å²) in [5.74, 6) is 7.62. The zero-order chi connectivity index (χ0) is 14.4. The third kappa shape index (κ3) is 3.92. The van der Waals surface area contributed by atoms with Crippen LogP contribution in [0, 0.1) is 6.92 Å². The molecule has 108 valence electrons. The van der Waals surface area contributed by atoms with E-state index in [1.165, 1.54) is 0 Å². The predicted octanol–water partition coefficient (Wildman–Crippen LogP) is 1.33. The van der Waals surface area contributed by atoms with E-state index < -0.39 is 0 Å². The van der Waals surface area contributed by atoms with Crippen LogP contribution < -0.4 is 16.6 Å². The van der Waals surface area contributed by atoms with Gasteiger partial charge < -0.3 is 10.7 Å². The monoisotopic (exact) mass is 275 g/mol. The number of rotatable bonds is 7. The molecular formula is C13H21N7. The number of hydrazine groups is 1. The highest BCUT2D eigenvalue weighted by Gasteiger charge is 2.03. The molecule has 2 rings (SSSR count). The van der Waals surface area contributed by atoms with Gasteiger partial charge in [-0.05, 0) is 18.9 Å². The first-order chi connectivity index (χ1) is 9.71. The molecule has 0 radical (unpaired) electrons. The van der Waals surface area contributed by atoms with Crippen LogP contribution >= 0.6 is 0 Å². The molecule has 0 aliphatic heterocycles. The van der Waals surface area contributed by atoms with E-state index in [1.807, 2.05) is 24.0 Å². The van der Waals surface area contributed by atoms with Crippen molar-refractivity contribution in [3.8, 4) is 0 Å². The summed E-state index contributed by atoms with van der Waals surface area (Å²) in [5.41, 5.74) is 3.73. The van der Waals surface area contributed by atoms with Crippen molar-refractivity contribution in [2.75, 3.05) is 17.3 Å². The summed E-state index contributed by atoms with van der Waals surface area (Å²) in [6.45, 7) is 5.65. The highest BCUT2D eigenvalue weighted by atomic mass is 15.3. The Morgan fingerprint density at radius 3 is 2.75 bits per heavy atom. The predicted molar refractivity (Wildman–Crippen MR) is 79.3 cm³/mol. The molecule has 0 saturated heterocycles. The second-order valence-electron chi connectivity index (χ2n) is 4.66. The quantitative estimate of drug-likeness (QED) is 0.521. The second kappa shape index (κ2) is 6.85. The lowest BCUT2D eigenvalue weighted by atomic mass is 10.3. The molecule has 0 spiro atoms. The summed E-state index contributed by atoms with van der Waals surface area (Å²) in [7, 11) is 0. The van der Waals surface area contributed by atoms with Gasteiger partial charge in [-0.25, -0.2) is 15.8 Å². The summed E-state index contributed by atoms with van der Waals surface area (Å²) in [6.07, 6.45) is 5.69. The molecule has 2 aromatic rings. The van der Waals surface area contributed by atoms with Crippen LogP contribution in [0.4, 0.5) is 11.6 Å². The Labute approximate surface area is 118 Å². The van der Waals surface area contributed by atoms with Crippen molar-refractivity contribution in [2.24, 2.45) is 5.84 Å². The number of aryl methyl sites for hydroxylation is 2. The molecule has 0 saturated carbocycles. The topological polar surface area (TPSA) is 93.7 Å². The van der Waals surface area contributed by atoms with Gasteiger partial charge in [-0.2, -0.15) is 5.10 Å². The van der Waals surface area contributed by atoms with E-state index in [2.05, 4.69) is 32.7 Å². The molecule has 0 unspecified atom stereocenters. The number of nitrogens with two attached hydrogens (primary N) is 1. The molecule has 0 bridgehead atoms. The largest absolute Gasteiger partial charge is 0.368 e. The number of hydrogen-bond acceptors (Lipinski definition) is 6. The number of anilines is 2. The van der Waals surface area contributed by atoms with Crippen molar-refractivity contribution < 1.29 is 0 Å². The summed E-state index contributed by atoms with van der Waals surface area (Å²) in [4.78, 5) is 8.77. The van der Waals surface area contributed by atoms with E-state index in [-0.39, 0.29) is 0 Å². The molecule has 0 amide bonds. The number of nitrogen functional groups attached to an aromatic ring is 1. The normalized spacial score (nSPS) is 10.6. The van der Waals surface area contributed by atoms with Gasteiger partial charge in [0, 0.05) is 25.2 Å². The van der Waals surface area contributed by atoms with E-state index in [1.54, 1.807) is 6.07 Å². The summed E-state index contributed by atoms with van der Waals surface area (Å²) in [5, 5.41) is 7.51. The molecule has 4 N–H and O–H groups in total. The fourth-order valence-corrected chi connectivity index (χ4v) is 1.88. The van der Waals surface area contributed by atoms with Gasteiger partial charge in [0.2, 0.25) is 0 Å². The van der Waals surface area contributed by atoms with Gasteiger partial charge in [-0.1, -0.05) is 6.92 Å². The number of hydrogen-bond donors (Lipinski definition) is 3. The van der Waals surface area contributed by atoms with Crippen LogP contribution in [0.25, 0.3) is 0 Å².